The molecular weight excluding hydrogens is 276 g/mol. The molecule has 5 nitrogen and oxygen atoms in total. The molecule has 0 atom stereocenters. The highest BCUT2D eigenvalue weighted by atomic mass is 35.5. The summed E-state index contributed by atoms with van der Waals surface area (Å²) >= 11 is 5.92. The van der Waals surface area contributed by atoms with Crippen molar-refractivity contribution in [2.24, 2.45) is 11.3 Å². The van der Waals surface area contributed by atoms with Gasteiger partial charge in [0.05, 0.1) is 0 Å². The van der Waals surface area contributed by atoms with Crippen LogP contribution in [0.5, 0.6) is 0 Å². The first-order chi connectivity index (χ1) is 9.62. The highest BCUT2D eigenvalue weighted by Gasteiger charge is 2.41. The number of amides is 1. The molecule has 20 heavy (non-hydrogen) atoms. The molecule has 1 spiro atoms. The van der Waals surface area contributed by atoms with Crippen LogP contribution >= 0.6 is 11.6 Å². The minimum Gasteiger partial charge on any atom is -0.338 e. The molecule has 0 radical (unpaired) electrons. The van der Waals surface area contributed by atoms with Gasteiger partial charge in [-0.05, 0) is 36.8 Å². The summed E-state index contributed by atoms with van der Waals surface area (Å²) in [5, 5.41) is 0.276. The van der Waals surface area contributed by atoms with Crippen LogP contribution in [0.4, 0.5) is 5.82 Å². The van der Waals surface area contributed by atoms with E-state index in [-0.39, 0.29) is 11.1 Å². The molecule has 1 aromatic rings. The van der Waals surface area contributed by atoms with Crippen LogP contribution in [0.15, 0.2) is 12.1 Å². The van der Waals surface area contributed by atoms with Gasteiger partial charge in [0.2, 0.25) is 0 Å². The Balaban J connectivity index is 1.78. The first kappa shape index (κ1) is 13.6. The van der Waals surface area contributed by atoms with E-state index in [0.29, 0.717) is 16.8 Å². The van der Waals surface area contributed by atoms with E-state index >= 15 is 0 Å². The number of hydrazine groups is 1. The summed E-state index contributed by atoms with van der Waals surface area (Å²) in [4.78, 5) is 18.5. The van der Waals surface area contributed by atoms with Crippen molar-refractivity contribution in [1.29, 1.82) is 0 Å². The van der Waals surface area contributed by atoms with Gasteiger partial charge in [-0.3, -0.25) is 4.79 Å². The van der Waals surface area contributed by atoms with Gasteiger partial charge in [0.1, 0.15) is 11.0 Å². The van der Waals surface area contributed by atoms with Crippen LogP contribution < -0.4 is 11.3 Å². The smallest absolute Gasteiger partial charge is 0.254 e. The number of halogens is 1. The molecule has 1 saturated carbocycles. The molecule has 0 aromatic carbocycles. The Kier molecular flexibility index (Phi) is 3.56. The van der Waals surface area contributed by atoms with E-state index in [1.165, 1.54) is 25.7 Å². The van der Waals surface area contributed by atoms with Crippen molar-refractivity contribution >= 4 is 23.3 Å². The Morgan fingerprint density at radius 2 is 2.10 bits per heavy atom. The lowest BCUT2D eigenvalue weighted by molar-refractivity contribution is 0.0773. The molecule has 1 saturated heterocycles. The molecule has 1 aliphatic heterocycles. The predicted molar refractivity (Wildman–Crippen MR) is 78.5 cm³/mol. The van der Waals surface area contributed by atoms with E-state index in [0.717, 1.165) is 19.5 Å². The minimum atomic E-state index is 0.0228. The number of hydrogen-bond acceptors (Lipinski definition) is 4. The van der Waals surface area contributed by atoms with Crippen LogP contribution in [-0.2, 0) is 0 Å². The molecule has 3 N–H and O–H groups in total. The molecule has 2 fully saturated rings. The summed E-state index contributed by atoms with van der Waals surface area (Å²) in [6.45, 7) is 1.71. The minimum absolute atomic E-state index is 0.0228. The number of aromatic nitrogens is 1. The van der Waals surface area contributed by atoms with Crippen LogP contribution in [0.25, 0.3) is 0 Å². The van der Waals surface area contributed by atoms with Gasteiger partial charge in [0, 0.05) is 18.7 Å². The van der Waals surface area contributed by atoms with Crippen molar-refractivity contribution < 1.29 is 4.79 Å². The molecule has 2 aliphatic rings. The molecule has 1 aromatic heterocycles. The number of nitrogens with zero attached hydrogens (tertiary/aromatic N) is 2. The van der Waals surface area contributed by atoms with Crippen molar-refractivity contribution in [3.63, 3.8) is 0 Å². The topological polar surface area (TPSA) is 71.2 Å². The van der Waals surface area contributed by atoms with Gasteiger partial charge in [-0.2, -0.15) is 0 Å². The van der Waals surface area contributed by atoms with Gasteiger partial charge in [-0.15, -0.1) is 0 Å². The first-order valence-corrected chi connectivity index (χ1v) is 7.43. The zero-order chi connectivity index (χ0) is 14.2. The maximum atomic E-state index is 12.6. The van der Waals surface area contributed by atoms with Gasteiger partial charge in [0.15, 0.2) is 0 Å². The largest absolute Gasteiger partial charge is 0.338 e. The summed E-state index contributed by atoms with van der Waals surface area (Å²) in [6.07, 6.45) is 6.22. The van der Waals surface area contributed by atoms with E-state index in [2.05, 4.69) is 10.4 Å². The third-order valence-electron chi connectivity index (χ3n) is 4.58. The van der Waals surface area contributed by atoms with Crippen LogP contribution in [-0.4, -0.2) is 28.9 Å². The maximum Gasteiger partial charge on any atom is 0.254 e. The summed E-state index contributed by atoms with van der Waals surface area (Å²) < 4.78 is 0. The number of nitrogen functional groups attached to an aromatic ring is 1. The lowest BCUT2D eigenvalue weighted by atomic mass is 9.86. The number of carbonyl (C=O) groups is 1. The SMILES string of the molecule is NNc1cc(C(=O)N2CCC3(CCCC3)C2)cc(Cl)n1. The van der Waals surface area contributed by atoms with Gasteiger partial charge in [-0.25, -0.2) is 10.8 Å². The lowest BCUT2D eigenvalue weighted by Crippen LogP contribution is -2.31. The van der Waals surface area contributed by atoms with Crippen LogP contribution in [0, 0.1) is 5.41 Å². The summed E-state index contributed by atoms with van der Waals surface area (Å²) in [5.41, 5.74) is 3.36. The van der Waals surface area contributed by atoms with E-state index in [4.69, 9.17) is 17.4 Å². The number of nitrogens with one attached hydrogen (secondary N) is 1. The van der Waals surface area contributed by atoms with Crippen molar-refractivity contribution in [2.75, 3.05) is 18.5 Å². The fourth-order valence-corrected chi connectivity index (χ4v) is 3.73. The van der Waals surface area contributed by atoms with Crippen molar-refractivity contribution in [2.45, 2.75) is 32.1 Å². The van der Waals surface area contributed by atoms with E-state index in [1.54, 1.807) is 12.1 Å². The molecule has 1 aliphatic carbocycles. The van der Waals surface area contributed by atoms with Crippen molar-refractivity contribution in [3.05, 3.63) is 22.8 Å². The Hall–Kier alpha value is -1.33. The molecule has 108 valence electrons. The standard InChI is InChI=1S/C14H19ClN4O/c15-11-7-10(8-12(17-11)18-16)13(20)19-6-5-14(9-19)3-1-2-4-14/h7-8H,1-6,9,16H2,(H,17,18). The fourth-order valence-electron chi connectivity index (χ4n) is 3.52. The van der Waals surface area contributed by atoms with E-state index in [9.17, 15) is 4.79 Å². The molecular formula is C14H19ClN4O. The highest BCUT2D eigenvalue weighted by Crippen LogP contribution is 2.45. The lowest BCUT2D eigenvalue weighted by Gasteiger charge is -2.23. The number of nitrogens with two attached hydrogens (primary N) is 1. The van der Waals surface area contributed by atoms with Gasteiger partial charge in [0.25, 0.3) is 5.91 Å². The molecule has 2 heterocycles. The molecule has 6 heteroatoms. The number of carbonyl (C=O) groups excluding carboxylic acids is 1. The summed E-state index contributed by atoms with van der Waals surface area (Å²) in [6, 6.07) is 3.25. The van der Waals surface area contributed by atoms with E-state index in [1.807, 2.05) is 4.90 Å². The zero-order valence-electron chi connectivity index (χ0n) is 11.4. The monoisotopic (exact) mass is 294 g/mol. The Morgan fingerprint density at radius 3 is 2.80 bits per heavy atom. The van der Waals surface area contributed by atoms with Gasteiger partial charge in [-0.1, -0.05) is 24.4 Å². The highest BCUT2D eigenvalue weighted by molar-refractivity contribution is 6.29. The Morgan fingerprint density at radius 1 is 1.35 bits per heavy atom. The quantitative estimate of drug-likeness (QED) is 0.499. The first-order valence-electron chi connectivity index (χ1n) is 7.05. The Labute approximate surface area is 123 Å². The summed E-state index contributed by atoms with van der Waals surface area (Å²) in [7, 11) is 0. The molecule has 3 rings (SSSR count). The van der Waals surface area contributed by atoms with Crippen LogP contribution in [0.1, 0.15) is 42.5 Å². The number of rotatable bonds is 2. The van der Waals surface area contributed by atoms with Gasteiger partial charge < -0.3 is 10.3 Å². The number of pyridine rings is 1. The second-order valence-electron chi connectivity index (χ2n) is 5.89. The zero-order valence-corrected chi connectivity index (χ0v) is 12.1. The normalized spacial score (nSPS) is 20.6. The van der Waals surface area contributed by atoms with E-state index < -0.39 is 0 Å². The summed E-state index contributed by atoms with van der Waals surface area (Å²) in [5.74, 6) is 5.77. The predicted octanol–water partition coefficient (Wildman–Crippen LogP) is 2.43. The second kappa shape index (κ2) is 5.22. The molecule has 0 unspecified atom stereocenters. The number of anilines is 1. The Bertz CT molecular complexity index is 528. The maximum absolute atomic E-state index is 12.6. The average Bonchev–Trinajstić information content (AvgIpc) is 3.08. The average molecular weight is 295 g/mol. The third kappa shape index (κ3) is 2.47. The number of likely N-dealkylation sites (tertiary alicyclic amines) is 1. The number of hydrogen-bond donors (Lipinski definition) is 2. The fraction of sp³-hybridized carbons (Fsp3) is 0.571. The molecule has 1 amide bonds. The van der Waals surface area contributed by atoms with Gasteiger partial charge >= 0.3 is 0 Å². The molecule has 0 bridgehead atoms. The van der Waals surface area contributed by atoms with Crippen LogP contribution in [0.2, 0.25) is 5.15 Å². The van der Waals surface area contributed by atoms with Crippen molar-refractivity contribution in [3.8, 4) is 0 Å². The van der Waals surface area contributed by atoms with Crippen molar-refractivity contribution in [1.82, 2.24) is 9.88 Å². The third-order valence-corrected chi connectivity index (χ3v) is 4.77. The van der Waals surface area contributed by atoms with Crippen LogP contribution in [0.3, 0.4) is 0 Å². The second-order valence-corrected chi connectivity index (χ2v) is 6.28.